The van der Waals surface area contributed by atoms with Crippen LogP contribution in [-0.4, -0.2) is 82.5 Å². The topological polar surface area (TPSA) is 89.1 Å². The minimum Gasteiger partial charge on any atom is -0.489 e. The van der Waals surface area contributed by atoms with Crippen LogP contribution >= 0.6 is 0 Å². The van der Waals surface area contributed by atoms with Crippen LogP contribution in [0.25, 0.3) is 10.9 Å². The number of fused-ring (bicyclic) bond motifs is 1. The highest BCUT2D eigenvalue weighted by atomic mass is 16.5. The molecule has 0 unspecified atom stereocenters. The van der Waals surface area contributed by atoms with Crippen LogP contribution in [0.15, 0.2) is 54.7 Å². The molecule has 0 radical (unpaired) electrons. The quantitative estimate of drug-likeness (QED) is 0.519. The van der Waals surface area contributed by atoms with Crippen molar-refractivity contribution in [1.82, 2.24) is 19.7 Å². The summed E-state index contributed by atoms with van der Waals surface area (Å²) in [6.07, 6.45) is 3.98. The number of piperazine rings is 1. The number of carboxylic acids is 1. The third kappa shape index (κ3) is 5.33. The number of ether oxygens (including phenoxy) is 1. The van der Waals surface area contributed by atoms with E-state index in [-0.39, 0.29) is 5.91 Å². The molecule has 8 heteroatoms. The highest BCUT2D eigenvalue weighted by Crippen LogP contribution is 2.31. The summed E-state index contributed by atoms with van der Waals surface area (Å²) in [5.74, 6) is 0.0578. The molecule has 3 heterocycles. The first-order chi connectivity index (χ1) is 17.1. The highest BCUT2D eigenvalue weighted by Gasteiger charge is 2.33. The van der Waals surface area contributed by atoms with Gasteiger partial charge in [0, 0.05) is 68.0 Å². The predicted molar refractivity (Wildman–Crippen MR) is 133 cm³/mol. The molecule has 2 fully saturated rings. The molecule has 2 aromatic carbocycles. The number of amides is 1. The summed E-state index contributed by atoms with van der Waals surface area (Å²) in [6.45, 7) is 5.20. The van der Waals surface area contributed by atoms with Gasteiger partial charge in [0.2, 0.25) is 5.91 Å². The van der Waals surface area contributed by atoms with Crippen molar-refractivity contribution >= 4 is 22.8 Å². The van der Waals surface area contributed by atoms with E-state index in [0.29, 0.717) is 39.3 Å². The fraction of sp³-hybridized carbons (Fsp3) is 0.407. The number of nitrogens with one attached hydrogen (secondary N) is 1. The maximum Gasteiger partial charge on any atom is 0.325 e. The summed E-state index contributed by atoms with van der Waals surface area (Å²) < 4.78 is 5.93. The molecule has 2 saturated heterocycles. The zero-order valence-corrected chi connectivity index (χ0v) is 19.9. The van der Waals surface area contributed by atoms with Crippen molar-refractivity contribution < 1.29 is 19.4 Å². The minimum atomic E-state index is -0.864. The lowest BCUT2D eigenvalue weighted by atomic mass is 10.0. The van der Waals surface area contributed by atoms with Crippen LogP contribution in [0, 0.1) is 0 Å². The van der Waals surface area contributed by atoms with Crippen molar-refractivity contribution in [3.05, 3.63) is 65.9 Å². The third-order valence-electron chi connectivity index (χ3n) is 7.05. The van der Waals surface area contributed by atoms with Gasteiger partial charge in [-0.25, -0.2) is 0 Å². The van der Waals surface area contributed by atoms with Gasteiger partial charge in [-0.15, -0.1) is 0 Å². The first kappa shape index (κ1) is 23.4. The van der Waals surface area contributed by atoms with Gasteiger partial charge in [-0.05, 0) is 30.5 Å². The van der Waals surface area contributed by atoms with E-state index in [2.05, 4.69) is 9.88 Å². The summed E-state index contributed by atoms with van der Waals surface area (Å²) in [7, 11) is 0. The highest BCUT2D eigenvalue weighted by molar-refractivity contribution is 5.90. The Morgan fingerprint density at radius 1 is 0.971 bits per heavy atom. The number of likely N-dealkylation sites (tertiary alicyclic amines) is 1. The number of carbonyl (C=O) groups is 2. The van der Waals surface area contributed by atoms with E-state index in [1.807, 2.05) is 58.3 Å². The van der Waals surface area contributed by atoms with Crippen LogP contribution in [-0.2, 0) is 16.2 Å². The van der Waals surface area contributed by atoms with Crippen molar-refractivity contribution in [2.24, 2.45) is 0 Å². The van der Waals surface area contributed by atoms with E-state index in [0.717, 1.165) is 53.7 Å². The van der Waals surface area contributed by atoms with Gasteiger partial charge in [0.1, 0.15) is 18.4 Å². The van der Waals surface area contributed by atoms with Crippen molar-refractivity contribution in [1.29, 1.82) is 0 Å². The number of benzene rings is 2. The minimum absolute atomic E-state index is 0.188. The number of carbonyl (C=O) groups excluding carboxylic acids is 1. The van der Waals surface area contributed by atoms with Gasteiger partial charge in [-0.3, -0.25) is 19.4 Å². The fourth-order valence-electron chi connectivity index (χ4n) is 5.11. The van der Waals surface area contributed by atoms with Crippen LogP contribution in [0.4, 0.5) is 0 Å². The number of hydrogen-bond donors (Lipinski definition) is 2. The number of rotatable bonds is 8. The van der Waals surface area contributed by atoms with E-state index < -0.39 is 12.0 Å². The molecule has 5 rings (SSSR count). The molecule has 0 spiro atoms. The van der Waals surface area contributed by atoms with Gasteiger partial charge in [0.25, 0.3) is 0 Å². The SMILES string of the molecule is O=C(O)[C@@H](c1c[nH]c2cc(OCc3ccccc3)ccc12)N1CCN(CC(=O)N2CCCC2)CC1. The van der Waals surface area contributed by atoms with E-state index in [4.69, 9.17) is 4.74 Å². The molecule has 1 amide bonds. The third-order valence-corrected chi connectivity index (χ3v) is 7.05. The van der Waals surface area contributed by atoms with E-state index >= 15 is 0 Å². The van der Waals surface area contributed by atoms with Crippen molar-refractivity contribution in [2.75, 3.05) is 45.8 Å². The summed E-state index contributed by atoms with van der Waals surface area (Å²) >= 11 is 0. The summed E-state index contributed by atoms with van der Waals surface area (Å²) in [5, 5.41) is 11.0. The molecule has 1 atom stereocenters. The first-order valence-electron chi connectivity index (χ1n) is 12.3. The zero-order chi connectivity index (χ0) is 24.2. The maximum atomic E-state index is 12.5. The molecule has 184 valence electrons. The Morgan fingerprint density at radius 3 is 2.43 bits per heavy atom. The number of aliphatic carboxylic acids is 1. The standard InChI is InChI=1S/C27H32N4O4/c32-25(30-10-4-5-11-30)18-29-12-14-31(15-13-29)26(27(33)34)23-17-28-24-16-21(8-9-22(23)24)35-19-20-6-2-1-3-7-20/h1-3,6-9,16-17,26,28H,4-5,10-15,18-19H2,(H,33,34)/t26-/m1/s1. The molecule has 2 N–H and O–H groups in total. The second-order valence-corrected chi connectivity index (χ2v) is 9.37. The van der Waals surface area contributed by atoms with Gasteiger partial charge < -0.3 is 19.7 Å². The molecule has 1 aromatic heterocycles. The molecule has 2 aliphatic heterocycles. The molecule has 2 aliphatic rings. The summed E-state index contributed by atoms with van der Waals surface area (Å²) in [5.41, 5.74) is 2.70. The smallest absolute Gasteiger partial charge is 0.325 e. The number of H-pyrrole nitrogens is 1. The number of aromatic nitrogens is 1. The summed E-state index contributed by atoms with van der Waals surface area (Å²) in [4.78, 5) is 34.2. The van der Waals surface area contributed by atoms with Crippen molar-refractivity contribution in [2.45, 2.75) is 25.5 Å². The van der Waals surface area contributed by atoms with Crippen LogP contribution in [0.5, 0.6) is 5.75 Å². The lowest BCUT2D eigenvalue weighted by Crippen LogP contribution is -2.51. The van der Waals surface area contributed by atoms with Gasteiger partial charge in [-0.2, -0.15) is 0 Å². The van der Waals surface area contributed by atoms with Crippen molar-refractivity contribution in [3.8, 4) is 5.75 Å². The Bertz CT molecular complexity index is 1160. The van der Waals surface area contributed by atoms with Crippen molar-refractivity contribution in [3.63, 3.8) is 0 Å². The lowest BCUT2D eigenvalue weighted by molar-refractivity contribution is -0.145. The molecule has 35 heavy (non-hydrogen) atoms. The molecule has 0 saturated carbocycles. The Morgan fingerprint density at radius 2 is 1.71 bits per heavy atom. The lowest BCUT2D eigenvalue weighted by Gasteiger charge is -2.37. The van der Waals surface area contributed by atoms with Gasteiger partial charge in [0.05, 0.1) is 6.54 Å². The van der Waals surface area contributed by atoms with Crippen LogP contribution in [0.3, 0.4) is 0 Å². The second-order valence-electron chi connectivity index (χ2n) is 9.37. The van der Waals surface area contributed by atoms with Crippen LogP contribution < -0.4 is 4.74 Å². The number of carboxylic acid groups (broad SMARTS) is 1. The van der Waals surface area contributed by atoms with Gasteiger partial charge in [-0.1, -0.05) is 30.3 Å². The van der Waals surface area contributed by atoms with E-state index in [1.54, 1.807) is 6.20 Å². The largest absolute Gasteiger partial charge is 0.489 e. The Balaban J connectivity index is 1.24. The normalized spacial score (nSPS) is 18.1. The summed E-state index contributed by atoms with van der Waals surface area (Å²) in [6, 6.07) is 15.0. The van der Waals surface area contributed by atoms with Gasteiger partial charge >= 0.3 is 5.97 Å². The molecule has 3 aromatic rings. The van der Waals surface area contributed by atoms with E-state index in [9.17, 15) is 14.7 Å². The van der Waals surface area contributed by atoms with Gasteiger partial charge in [0.15, 0.2) is 0 Å². The molecular formula is C27H32N4O4. The zero-order valence-electron chi connectivity index (χ0n) is 19.9. The molecule has 8 nitrogen and oxygen atoms in total. The number of aromatic amines is 1. The number of nitrogens with zero attached hydrogens (tertiary/aromatic N) is 3. The molecule has 0 bridgehead atoms. The van der Waals surface area contributed by atoms with Crippen LogP contribution in [0.1, 0.15) is 30.0 Å². The van der Waals surface area contributed by atoms with Crippen LogP contribution in [0.2, 0.25) is 0 Å². The molecule has 0 aliphatic carbocycles. The average molecular weight is 477 g/mol. The second kappa shape index (κ2) is 10.5. The Hall–Kier alpha value is -3.36. The monoisotopic (exact) mass is 476 g/mol. The Labute approximate surface area is 205 Å². The predicted octanol–water partition coefficient (Wildman–Crippen LogP) is 3.11. The maximum absolute atomic E-state index is 12.5. The first-order valence-corrected chi connectivity index (χ1v) is 12.3. The number of hydrogen-bond acceptors (Lipinski definition) is 5. The average Bonchev–Trinajstić information content (AvgIpc) is 3.55. The molecular weight excluding hydrogens is 444 g/mol. The Kier molecular flexibility index (Phi) is 7.01. The van der Waals surface area contributed by atoms with E-state index in [1.165, 1.54) is 0 Å². The fourth-order valence-corrected chi connectivity index (χ4v) is 5.11.